The molecule has 3 aromatic carbocycles. The van der Waals surface area contributed by atoms with E-state index >= 15 is 0 Å². The Morgan fingerprint density at radius 1 is 1.00 bits per heavy atom. The molecule has 1 heterocycles. The van der Waals surface area contributed by atoms with Crippen LogP contribution in [-0.4, -0.2) is 29.7 Å². The van der Waals surface area contributed by atoms with Crippen molar-refractivity contribution in [1.82, 2.24) is 10.3 Å². The van der Waals surface area contributed by atoms with Crippen LogP contribution >= 0.6 is 0 Å². The van der Waals surface area contributed by atoms with Gasteiger partial charge in [-0.05, 0) is 72.2 Å². The fraction of sp³-hybridized carbons (Fsp3) is 0.267. The summed E-state index contributed by atoms with van der Waals surface area (Å²) in [6.07, 6.45) is 3.95. The number of hydrogen-bond donors (Lipinski definition) is 2. The van der Waals surface area contributed by atoms with Crippen LogP contribution in [0.3, 0.4) is 0 Å². The van der Waals surface area contributed by atoms with E-state index in [2.05, 4.69) is 34.6 Å². The molecule has 1 unspecified atom stereocenters. The van der Waals surface area contributed by atoms with Crippen LogP contribution in [0.4, 0.5) is 4.79 Å². The maximum Gasteiger partial charge on any atom is 0.407 e. The van der Waals surface area contributed by atoms with E-state index in [1.165, 1.54) is 22.3 Å². The lowest BCUT2D eigenvalue weighted by atomic mass is 9.98. The first-order valence-electron chi connectivity index (χ1n) is 12.5. The molecule has 2 N–H and O–H groups in total. The van der Waals surface area contributed by atoms with Crippen LogP contribution in [0.1, 0.15) is 42.4 Å². The van der Waals surface area contributed by atoms with Crippen molar-refractivity contribution in [2.24, 2.45) is 5.92 Å². The number of hydrogen-bond acceptors (Lipinski definition) is 4. The second-order valence-electron chi connectivity index (χ2n) is 9.79. The van der Waals surface area contributed by atoms with Gasteiger partial charge in [-0.1, -0.05) is 48.5 Å². The van der Waals surface area contributed by atoms with Gasteiger partial charge in [0.05, 0.1) is 5.92 Å². The van der Waals surface area contributed by atoms with Crippen molar-refractivity contribution in [1.29, 1.82) is 0 Å². The van der Waals surface area contributed by atoms with E-state index in [0.29, 0.717) is 12.2 Å². The fourth-order valence-electron chi connectivity index (χ4n) is 5.13. The number of alkyl carbamates (subject to hydrolysis) is 1. The van der Waals surface area contributed by atoms with Gasteiger partial charge in [0, 0.05) is 29.1 Å². The number of fused-ring (bicyclic) bond motifs is 4. The molecule has 1 amide bonds. The van der Waals surface area contributed by atoms with Gasteiger partial charge in [0.1, 0.15) is 12.4 Å². The molecule has 4 aromatic rings. The van der Waals surface area contributed by atoms with Gasteiger partial charge in [0.2, 0.25) is 0 Å². The molecule has 6 nitrogen and oxygen atoms in total. The summed E-state index contributed by atoms with van der Waals surface area (Å²) in [5, 5.41) is 3.95. The smallest absolute Gasteiger partial charge is 0.407 e. The van der Waals surface area contributed by atoms with E-state index in [1.54, 1.807) is 6.07 Å². The predicted molar refractivity (Wildman–Crippen MR) is 138 cm³/mol. The first-order valence-corrected chi connectivity index (χ1v) is 12.5. The highest BCUT2D eigenvalue weighted by Crippen LogP contribution is 2.44. The van der Waals surface area contributed by atoms with Crippen molar-refractivity contribution >= 4 is 23.0 Å². The lowest BCUT2D eigenvalue weighted by molar-refractivity contribution is -0.135. The van der Waals surface area contributed by atoms with Crippen LogP contribution < -0.4 is 10.1 Å². The number of aromatic nitrogens is 1. The lowest BCUT2D eigenvalue weighted by Crippen LogP contribution is -2.35. The molecule has 2 aliphatic carbocycles. The van der Waals surface area contributed by atoms with Gasteiger partial charge >= 0.3 is 12.1 Å². The fourth-order valence-corrected chi connectivity index (χ4v) is 5.13. The molecule has 0 saturated heterocycles. The summed E-state index contributed by atoms with van der Waals surface area (Å²) < 4.78 is 11.2. The molecule has 6 rings (SSSR count). The van der Waals surface area contributed by atoms with Gasteiger partial charge in [-0.2, -0.15) is 0 Å². The molecule has 6 heteroatoms. The molecule has 1 saturated carbocycles. The minimum absolute atomic E-state index is 0.0313. The Kier molecular flexibility index (Phi) is 5.72. The maximum atomic E-state index is 12.7. The molecule has 36 heavy (non-hydrogen) atoms. The van der Waals surface area contributed by atoms with Gasteiger partial charge in [-0.25, -0.2) is 4.79 Å². The minimum Gasteiger partial charge on any atom is -0.449 e. The second kappa shape index (κ2) is 9.19. The number of nitrogens with one attached hydrogen (secondary N) is 2. The maximum absolute atomic E-state index is 12.7. The van der Waals surface area contributed by atoms with E-state index < -0.39 is 6.09 Å². The number of H-pyrrole nitrogens is 1. The Morgan fingerprint density at radius 3 is 2.39 bits per heavy atom. The Balaban J connectivity index is 1.09. The SMILES string of the molecule is CC(Cc1c[nH]c2ccc(OC(=O)C3CC3)cc12)NC(=O)OCC1c2ccccc2-c2ccccc21. The lowest BCUT2D eigenvalue weighted by Gasteiger charge is -2.17. The third-order valence-corrected chi connectivity index (χ3v) is 7.10. The van der Waals surface area contributed by atoms with Gasteiger partial charge in [0.15, 0.2) is 0 Å². The molecule has 0 bridgehead atoms. The van der Waals surface area contributed by atoms with Crippen molar-refractivity contribution in [3.05, 3.63) is 89.6 Å². The monoisotopic (exact) mass is 480 g/mol. The summed E-state index contributed by atoms with van der Waals surface area (Å²) in [5.74, 6) is 0.478. The van der Waals surface area contributed by atoms with Crippen LogP contribution in [0, 0.1) is 5.92 Å². The van der Waals surface area contributed by atoms with Gasteiger partial charge in [-0.3, -0.25) is 4.79 Å². The standard InChI is InChI=1S/C30H28N2O4/c1-18(14-20-16-31-28-13-12-21(15-26(20)28)36-29(33)19-10-11-19)32-30(34)35-17-27-24-8-4-2-6-22(24)23-7-3-5-9-25(23)27/h2-9,12-13,15-16,18-19,27,31H,10-11,14,17H2,1H3,(H,32,34). The zero-order valence-electron chi connectivity index (χ0n) is 20.1. The van der Waals surface area contributed by atoms with E-state index in [1.807, 2.05) is 49.5 Å². The number of carbonyl (C=O) groups excluding carboxylic acids is 2. The van der Waals surface area contributed by atoms with Crippen molar-refractivity contribution in [2.45, 2.75) is 38.1 Å². The first-order chi connectivity index (χ1) is 17.6. The highest BCUT2D eigenvalue weighted by atomic mass is 16.5. The summed E-state index contributed by atoms with van der Waals surface area (Å²) in [6, 6.07) is 22.1. The van der Waals surface area contributed by atoms with Crippen LogP contribution in [0.15, 0.2) is 72.9 Å². The van der Waals surface area contributed by atoms with E-state index in [4.69, 9.17) is 9.47 Å². The molecule has 1 aromatic heterocycles. The van der Waals surface area contributed by atoms with Crippen molar-refractivity contribution < 1.29 is 19.1 Å². The Bertz CT molecular complexity index is 1410. The summed E-state index contributed by atoms with van der Waals surface area (Å²) in [5.41, 5.74) is 6.80. The number of ether oxygens (including phenoxy) is 2. The summed E-state index contributed by atoms with van der Waals surface area (Å²) >= 11 is 0. The number of aromatic amines is 1. The average molecular weight is 481 g/mol. The van der Waals surface area contributed by atoms with Gasteiger partial charge < -0.3 is 19.8 Å². The second-order valence-corrected chi connectivity index (χ2v) is 9.79. The zero-order valence-corrected chi connectivity index (χ0v) is 20.1. The third kappa shape index (κ3) is 4.35. The van der Waals surface area contributed by atoms with Crippen LogP contribution in [-0.2, 0) is 16.0 Å². The summed E-state index contributed by atoms with van der Waals surface area (Å²) in [7, 11) is 0. The van der Waals surface area contributed by atoms with Gasteiger partial charge in [-0.15, -0.1) is 0 Å². The highest BCUT2D eigenvalue weighted by molar-refractivity contribution is 5.86. The Hall–Kier alpha value is -4.06. The minimum atomic E-state index is -0.428. The van der Waals surface area contributed by atoms with Gasteiger partial charge in [0.25, 0.3) is 0 Å². The molecular weight excluding hydrogens is 452 g/mol. The van der Waals surface area contributed by atoms with Crippen molar-refractivity contribution in [2.75, 3.05) is 6.61 Å². The van der Waals surface area contributed by atoms with Crippen molar-refractivity contribution in [3.63, 3.8) is 0 Å². The van der Waals surface area contributed by atoms with Crippen molar-refractivity contribution in [3.8, 4) is 16.9 Å². The van der Waals surface area contributed by atoms with E-state index in [-0.39, 0.29) is 30.5 Å². The third-order valence-electron chi connectivity index (χ3n) is 7.10. The van der Waals surface area contributed by atoms with Crippen LogP contribution in [0.2, 0.25) is 0 Å². The molecule has 1 fully saturated rings. The largest absolute Gasteiger partial charge is 0.449 e. The molecule has 1 atom stereocenters. The normalized spacial score (nSPS) is 15.2. The number of benzene rings is 3. The molecular formula is C30H28N2O4. The summed E-state index contributed by atoms with van der Waals surface area (Å²) in [6.45, 7) is 2.24. The summed E-state index contributed by atoms with van der Waals surface area (Å²) in [4.78, 5) is 28.0. The Morgan fingerprint density at radius 2 is 1.69 bits per heavy atom. The van der Waals surface area contributed by atoms with E-state index in [9.17, 15) is 9.59 Å². The average Bonchev–Trinajstić information content (AvgIpc) is 3.60. The number of carbonyl (C=O) groups is 2. The first kappa shape index (κ1) is 22.4. The number of esters is 1. The molecule has 0 aliphatic heterocycles. The Labute approximate surface area is 209 Å². The molecule has 2 aliphatic rings. The molecule has 0 spiro atoms. The van der Waals surface area contributed by atoms with Crippen LogP contribution in [0.25, 0.3) is 22.0 Å². The zero-order chi connectivity index (χ0) is 24.6. The topological polar surface area (TPSA) is 80.4 Å². The predicted octanol–water partition coefficient (Wildman–Crippen LogP) is 5.95. The van der Waals surface area contributed by atoms with Crippen LogP contribution in [0.5, 0.6) is 5.75 Å². The molecule has 182 valence electrons. The van der Waals surface area contributed by atoms with E-state index in [0.717, 1.165) is 29.3 Å². The number of rotatable bonds is 7. The quantitative estimate of drug-likeness (QED) is 0.253. The number of amides is 1. The highest BCUT2D eigenvalue weighted by Gasteiger charge is 2.32. The molecule has 0 radical (unpaired) electrons.